The number of alkyl halides is 3. The molecule has 0 spiro atoms. The number of guanidine groups is 1. The number of nitrogens with one attached hydrogen (secondary N) is 1. The number of fused-ring (bicyclic) bond motifs is 1. The van der Waals surface area contributed by atoms with E-state index < -0.39 is 12.2 Å². The smallest absolute Gasteiger partial charge is 0.357 e. The maximum Gasteiger partial charge on any atom is 0.403 e. The second-order valence-corrected chi connectivity index (χ2v) is 6.99. The van der Waals surface area contributed by atoms with E-state index in [2.05, 4.69) is 15.3 Å². The fraction of sp³-hybridized carbons (Fsp3) is 0.579. The lowest BCUT2D eigenvalue weighted by Crippen LogP contribution is -2.56. The minimum absolute atomic E-state index is 0. The lowest BCUT2D eigenvalue weighted by Gasteiger charge is -2.39. The number of rotatable bonds is 4. The van der Waals surface area contributed by atoms with Crippen molar-refractivity contribution in [1.29, 1.82) is 0 Å². The summed E-state index contributed by atoms with van der Waals surface area (Å²) in [5.41, 5.74) is 1.97. The van der Waals surface area contributed by atoms with E-state index in [9.17, 15) is 13.2 Å². The number of hydrogen-bond donors (Lipinski definition) is 1. The summed E-state index contributed by atoms with van der Waals surface area (Å²) in [6.07, 6.45) is -4.19. The number of imidazole rings is 1. The number of aromatic nitrogens is 2. The Morgan fingerprint density at radius 1 is 1.21 bits per heavy atom. The van der Waals surface area contributed by atoms with E-state index in [1.54, 1.807) is 0 Å². The van der Waals surface area contributed by atoms with Crippen LogP contribution in [-0.4, -0.2) is 70.3 Å². The van der Waals surface area contributed by atoms with Crippen LogP contribution in [0.5, 0.6) is 0 Å². The summed E-state index contributed by atoms with van der Waals surface area (Å²) >= 11 is 0. The van der Waals surface area contributed by atoms with Gasteiger partial charge >= 0.3 is 6.18 Å². The van der Waals surface area contributed by atoms with Gasteiger partial charge in [-0.15, -0.1) is 24.0 Å². The molecule has 1 atom stereocenters. The van der Waals surface area contributed by atoms with Crippen LogP contribution in [-0.2, 0) is 13.6 Å². The summed E-state index contributed by atoms with van der Waals surface area (Å²) < 4.78 is 40.9. The second kappa shape index (κ2) is 9.96. The standard InChI is InChI=1S/C19H27F3N6.HI/c1-4-23-18(28-11-9-27(10-12-28)14(2)19(20,21)22)24-13-17-25-15-7-5-6-8-16(15)26(17)3;/h5-8,14H,4,9-13H2,1-3H3,(H,23,24);1H. The van der Waals surface area contributed by atoms with E-state index >= 15 is 0 Å². The van der Waals surface area contributed by atoms with Crippen molar-refractivity contribution in [1.82, 2.24) is 24.7 Å². The molecule has 10 heteroatoms. The Kier molecular flexibility index (Phi) is 8.15. The van der Waals surface area contributed by atoms with Crippen LogP contribution in [0.25, 0.3) is 11.0 Å². The van der Waals surface area contributed by atoms with Gasteiger partial charge in [0.2, 0.25) is 0 Å². The zero-order valence-corrected chi connectivity index (χ0v) is 19.2. The predicted molar refractivity (Wildman–Crippen MR) is 120 cm³/mol. The van der Waals surface area contributed by atoms with E-state index in [4.69, 9.17) is 0 Å². The van der Waals surface area contributed by atoms with Gasteiger partial charge in [-0.25, -0.2) is 9.98 Å². The average molecular weight is 524 g/mol. The lowest BCUT2D eigenvalue weighted by atomic mass is 10.2. The van der Waals surface area contributed by atoms with Gasteiger partial charge in [0.25, 0.3) is 0 Å². The minimum Gasteiger partial charge on any atom is -0.357 e. The van der Waals surface area contributed by atoms with Crippen LogP contribution >= 0.6 is 24.0 Å². The van der Waals surface area contributed by atoms with Crippen LogP contribution in [0.1, 0.15) is 19.7 Å². The summed E-state index contributed by atoms with van der Waals surface area (Å²) in [6.45, 7) is 6.04. The van der Waals surface area contributed by atoms with Crippen LogP contribution in [0.15, 0.2) is 29.3 Å². The number of aryl methyl sites for hydroxylation is 1. The topological polar surface area (TPSA) is 48.7 Å². The monoisotopic (exact) mass is 524 g/mol. The van der Waals surface area contributed by atoms with Crippen LogP contribution in [0.2, 0.25) is 0 Å². The van der Waals surface area contributed by atoms with Crippen molar-refractivity contribution in [2.24, 2.45) is 12.0 Å². The van der Waals surface area contributed by atoms with Gasteiger partial charge in [0.1, 0.15) is 18.4 Å². The van der Waals surface area contributed by atoms with E-state index in [0.717, 1.165) is 16.9 Å². The molecule has 1 aliphatic rings. The predicted octanol–water partition coefficient (Wildman–Crippen LogP) is 3.23. The van der Waals surface area contributed by atoms with E-state index in [-0.39, 0.29) is 24.0 Å². The number of piperazine rings is 1. The summed E-state index contributed by atoms with van der Waals surface area (Å²) in [5, 5.41) is 3.25. The third-order valence-electron chi connectivity index (χ3n) is 5.22. The number of para-hydroxylation sites is 2. The SMILES string of the molecule is CCNC(=NCc1nc2ccccc2n1C)N1CCN(C(C)C(F)(F)F)CC1.I. The lowest BCUT2D eigenvalue weighted by molar-refractivity contribution is -0.181. The highest BCUT2D eigenvalue weighted by Crippen LogP contribution is 2.25. The molecule has 3 rings (SSSR count). The zero-order valence-electron chi connectivity index (χ0n) is 16.9. The number of benzene rings is 1. The van der Waals surface area contributed by atoms with Gasteiger partial charge < -0.3 is 14.8 Å². The summed E-state index contributed by atoms with van der Waals surface area (Å²) in [5.74, 6) is 1.56. The number of halogens is 4. The third-order valence-corrected chi connectivity index (χ3v) is 5.22. The number of hydrogen-bond acceptors (Lipinski definition) is 3. The largest absolute Gasteiger partial charge is 0.403 e. The van der Waals surface area contributed by atoms with E-state index in [1.165, 1.54) is 11.8 Å². The molecule has 0 radical (unpaired) electrons. The van der Waals surface area contributed by atoms with Crippen LogP contribution < -0.4 is 5.32 Å². The first-order valence-corrected chi connectivity index (χ1v) is 9.55. The maximum absolute atomic E-state index is 12.9. The summed E-state index contributed by atoms with van der Waals surface area (Å²) in [7, 11) is 1.96. The normalized spacial score (nSPS) is 17.3. The van der Waals surface area contributed by atoms with Crippen molar-refractivity contribution in [3.05, 3.63) is 30.1 Å². The molecule has 1 saturated heterocycles. The molecule has 1 unspecified atom stereocenters. The summed E-state index contributed by atoms with van der Waals surface area (Å²) in [4.78, 5) is 12.8. The molecule has 29 heavy (non-hydrogen) atoms. The highest BCUT2D eigenvalue weighted by atomic mass is 127. The Hall–Kier alpha value is -1.56. The molecule has 1 aromatic heterocycles. The van der Waals surface area contributed by atoms with Crippen LogP contribution in [0.4, 0.5) is 13.2 Å². The van der Waals surface area contributed by atoms with Gasteiger partial charge in [-0.1, -0.05) is 12.1 Å². The highest BCUT2D eigenvalue weighted by Gasteiger charge is 2.41. The van der Waals surface area contributed by atoms with Crippen molar-refractivity contribution >= 4 is 41.0 Å². The third kappa shape index (κ3) is 5.53. The Morgan fingerprint density at radius 3 is 2.45 bits per heavy atom. The highest BCUT2D eigenvalue weighted by molar-refractivity contribution is 14.0. The molecule has 0 saturated carbocycles. The fourth-order valence-corrected chi connectivity index (χ4v) is 3.44. The number of aliphatic imine (C=N–C) groups is 1. The molecule has 0 amide bonds. The molecule has 1 N–H and O–H groups in total. The van der Waals surface area contributed by atoms with Gasteiger partial charge in [0, 0.05) is 39.8 Å². The Bertz CT molecular complexity index is 827. The van der Waals surface area contributed by atoms with Gasteiger partial charge in [-0.3, -0.25) is 4.90 Å². The molecule has 2 heterocycles. The first kappa shape index (κ1) is 23.7. The molecule has 0 aliphatic carbocycles. The molecule has 162 valence electrons. The minimum atomic E-state index is -4.19. The first-order valence-electron chi connectivity index (χ1n) is 9.55. The number of nitrogens with zero attached hydrogens (tertiary/aromatic N) is 5. The Balaban J connectivity index is 0.00000300. The Morgan fingerprint density at radius 2 is 1.86 bits per heavy atom. The van der Waals surface area contributed by atoms with Crippen LogP contribution in [0, 0.1) is 0 Å². The quantitative estimate of drug-likeness (QED) is 0.379. The molecular formula is C19H28F3IN6. The second-order valence-electron chi connectivity index (χ2n) is 6.99. The van der Waals surface area contributed by atoms with Crippen molar-refractivity contribution in [3.8, 4) is 0 Å². The maximum atomic E-state index is 12.9. The molecule has 0 bridgehead atoms. The zero-order chi connectivity index (χ0) is 20.3. The van der Waals surface area contributed by atoms with Gasteiger partial charge in [-0.2, -0.15) is 13.2 Å². The Labute approximate surface area is 186 Å². The summed E-state index contributed by atoms with van der Waals surface area (Å²) in [6, 6.07) is 6.49. The van der Waals surface area contributed by atoms with E-state index in [0.29, 0.717) is 45.2 Å². The van der Waals surface area contributed by atoms with Gasteiger partial charge in [-0.05, 0) is 26.0 Å². The fourth-order valence-electron chi connectivity index (χ4n) is 3.44. The molecule has 6 nitrogen and oxygen atoms in total. The molecule has 1 aromatic carbocycles. The first-order chi connectivity index (χ1) is 13.3. The average Bonchev–Trinajstić information content (AvgIpc) is 3.00. The molecule has 1 fully saturated rings. The molecule has 1 aliphatic heterocycles. The van der Waals surface area contributed by atoms with Gasteiger partial charge in [0.15, 0.2) is 5.96 Å². The molecule has 2 aromatic rings. The van der Waals surface area contributed by atoms with Crippen molar-refractivity contribution < 1.29 is 13.2 Å². The van der Waals surface area contributed by atoms with Crippen molar-refractivity contribution in [2.45, 2.75) is 32.6 Å². The van der Waals surface area contributed by atoms with Crippen molar-refractivity contribution in [3.63, 3.8) is 0 Å². The van der Waals surface area contributed by atoms with Gasteiger partial charge in [0.05, 0.1) is 11.0 Å². The van der Waals surface area contributed by atoms with Crippen molar-refractivity contribution in [2.75, 3.05) is 32.7 Å². The molecular weight excluding hydrogens is 496 g/mol. The van der Waals surface area contributed by atoms with Crippen LogP contribution in [0.3, 0.4) is 0 Å². The van der Waals surface area contributed by atoms with E-state index in [1.807, 2.05) is 47.7 Å².